The number of rotatable bonds is 6. The number of pyridine rings is 2. The van der Waals surface area contributed by atoms with Crippen LogP contribution >= 0.6 is 0 Å². The minimum Gasteiger partial charge on any atom is -0.490 e. The lowest BCUT2D eigenvalue weighted by Crippen LogP contribution is -2.33. The summed E-state index contributed by atoms with van der Waals surface area (Å²) >= 11 is 0. The van der Waals surface area contributed by atoms with Gasteiger partial charge in [-0.3, -0.25) is 14.2 Å². The van der Waals surface area contributed by atoms with Gasteiger partial charge in [0.25, 0.3) is 11.1 Å². The Morgan fingerprint density at radius 1 is 1.14 bits per heavy atom. The molecule has 152 valence electrons. The molecule has 0 saturated carbocycles. The van der Waals surface area contributed by atoms with Crippen LogP contribution in [-0.4, -0.2) is 54.9 Å². The second kappa shape index (κ2) is 8.48. The number of aromatic nitrogens is 2. The van der Waals surface area contributed by atoms with Crippen molar-refractivity contribution in [2.45, 2.75) is 12.3 Å². The van der Waals surface area contributed by atoms with Crippen molar-refractivity contribution in [3.63, 3.8) is 0 Å². The third-order valence-electron chi connectivity index (χ3n) is 3.68. The standard InChI is InChI=1S/C17H17F3N2O6/c18-17(19,20)10-28-11-1-2-22(16(24)7-11)14-5-12(6-15(23)21-14)27-9-13-8-25-3-4-26-13/h1-2,5-7,13H,3-4,8-10H2,(H,21,23). The molecule has 11 heteroatoms. The average Bonchev–Trinajstić information content (AvgIpc) is 2.65. The third-order valence-corrected chi connectivity index (χ3v) is 3.68. The van der Waals surface area contributed by atoms with Crippen LogP contribution < -0.4 is 20.6 Å². The molecule has 1 aliphatic rings. The lowest BCUT2D eigenvalue weighted by molar-refractivity contribution is -0.153. The van der Waals surface area contributed by atoms with E-state index in [1.165, 1.54) is 24.4 Å². The number of hydrogen-bond donors (Lipinski definition) is 1. The highest BCUT2D eigenvalue weighted by Gasteiger charge is 2.28. The normalized spacial score (nSPS) is 17.3. The number of nitrogens with one attached hydrogen (secondary N) is 1. The zero-order valence-corrected chi connectivity index (χ0v) is 14.5. The second-order valence-corrected chi connectivity index (χ2v) is 5.92. The van der Waals surface area contributed by atoms with Crippen LogP contribution in [0.15, 0.2) is 40.1 Å². The van der Waals surface area contributed by atoms with E-state index in [1.807, 2.05) is 0 Å². The summed E-state index contributed by atoms with van der Waals surface area (Å²) in [5.74, 6) is 0.0654. The molecule has 1 aliphatic heterocycles. The fourth-order valence-corrected chi connectivity index (χ4v) is 2.45. The summed E-state index contributed by atoms with van der Waals surface area (Å²) in [5, 5.41) is 0. The summed E-state index contributed by atoms with van der Waals surface area (Å²) < 4.78 is 58.4. The van der Waals surface area contributed by atoms with Crippen LogP contribution in [0.2, 0.25) is 0 Å². The average molecular weight is 402 g/mol. The van der Waals surface area contributed by atoms with Gasteiger partial charge in [0.1, 0.15) is 30.0 Å². The van der Waals surface area contributed by atoms with E-state index in [4.69, 9.17) is 14.2 Å². The molecule has 1 saturated heterocycles. The second-order valence-electron chi connectivity index (χ2n) is 5.92. The molecule has 0 aliphatic carbocycles. The van der Waals surface area contributed by atoms with Gasteiger partial charge in [0, 0.05) is 24.4 Å². The van der Waals surface area contributed by atoms with Gasteiger partial charge < -0.3 is 23.9 Å². The summed E-state index contributed by atoms with van der Waals surface area (Å²) in [6.07, 6.45) is -3.59. The zero-order valence-electron chi connectivity index (χ0n) is 14.5. The van der Waals surface area contributed by atoms with Crippen molar-refractivity contribution in [3.8, 4) is 17.3 Å². The first-order valence-corrected chi connectivity index (χ1v) is 8.29. The van der Waals surface area contributed by atoms with E-state index in [0.29, 0.717) is 19.8 Å². The largest absolute Gasteiger partial charge is 0.490 e. The Balaban J connectivity index is 1.74. The van der Waals surface area contributed by atoms with Gasteiger partial charge in [0.2, 0.25) is 0 Å². The molecule has 0 spiro atoms. The van der Waals surface area contributed by atoms with Crippen LogP contribution in [0, 0.1) is 0 Å². The van der Waals surface area contributed by atoms with Crippen molar-refractivity contribution < 1.29 is 32.1 Å². The van der Waals surface area contributed by atoms with Crippen molar-refractivity contribution in [1.82, 2.24) is 9.55 Å². The van der Waals surface area contributed by atoms with Crippen LogP contribution in [0.25, 0.3) is 5.82 Å². The van der Waals surface area contributed by atoms with Crippen molar-refractivity contribution in [2.75, 3.05) is 33.0 Å². The first-order chi connectivity index (χ1) is 13.3. The molecule has 8 nitrogen and oxygen atoms in total. The summed E-state index contributed by atoms with van der Waals surface area (Å²) in [5.41, 5.74) is -1.20. The molecule has 3 heterocycles. The number of alkyl halides is 3. The van der Waals surface area contributed by atoms with E-state index in [-0.39, 0.29) is 30.0 Å². The van der Waals surface area contributed by atoms with Crippen LogP contribution in [-0.2, 0) is 9.47 Å². The van der Waals surface area contributed by atoms with Crippen molar-refractivity contribution in [2.24, 2.45) is 0 Å². The Morgan fingerprint density at radius 2 is 1.96 bits per heavy atom. The highest BCUT2D eigenvalue weighted by Crippen LogP contribution is 2.18. The quantitative estimate of drug-likeness (QED) is 0.782. The number of hydrogen-bond acceptors (Lipinski definition) is 6. The minimum atomic E-state index is -4.52. The predicted octanol–water partition coefficient (Wildman–Crippen LogP) is 1.26. The Morgan fingerprint density at radius 3 is 2.64 bits per heavy atom. The molecule has 2 aromatic heterocycles. The molecule has 3 rings (SSSR count). The third kappa shape index (κ3) is 5.60. The molecule has 2 aromatic rings. The highest BCUT2D eigenvalue weighted by molar-refractivity contribution is 5.34. The maximum Gasteiger partial charge on any atom is 0.422 e. The Hall–Kier alpha value is -2.79. The monoisotopic (exact) mass is 402 g/mol. The molecule has 28 heavy (non-hydrogen) atoms. The Bertz CT molecular complexity index is 918. The molecule has 0 bridgehead atoms. The van der Waals surface area contributed by atoms with Crippen LogP contribution in [0.5, 0.6) is 11.5 Å². The lowest BCUT2D eigenvalue weighted by atomic mass is 10.3. The Labute approximate surface area is 156 Å². The van der Waals surface area contributed by atoms with Gasteiger partial charge >= 0.3 is 6.18 Å². The highest BCUT2D eigenvalue weighted by atomic mass is 19.4. The molecule has 1 N–H and O–H groups in total. The molecule has 0 aromatic carbocycles. The fourth-order valence-electron chi connectivity index (χ4n) is 2.45. The van der Waals surface area contributed by atoms with Crippen LogP contribution in [0.3, 0.4) is 0 Å². The van der Waals surface area contributed by atoms with Gasteiger partial charge in [-0.2, -0.15) is 13.2 Å². The van der Waals surface area contributed by atoms with E-state index in [1.54, 1.807) is 0 Å². The van der Waals surface area contributed by atoms with E-state index in [9.17, 15) is 22.8 Å². The van der Waals surface area contributed by atoms with Gasteiger partial charge in [-0.1, -0.05) is 0 Å². The summed E-state index contributed by atoms with van der Waals surface area (Å²) in [4.78, 5) is 26.5. The van der Waals surface area contributed by atoms with Crippen molar-refractivity contribution >= 4 is 0 Å². The van der Waals surface area contributed by atoms with E-state index in [2.05, 4.69) is 9.72 Å². The molecular formula is C17H17F3N2O6. The molecule has 0 amide bonds. The van der Waals surface area contributed by atoms with E-state index < -0.39 is 23.9 Å². The van der Waals surface area contributed by atoms with Crippen molar-refractivity contribution in [1.29, 1.82) is 0 Å². The van der Waals surface area contributed by atoms with Crippen molar-refractivity contribution in [3.05, 3.63) is 51.2 Å². The number of nitrogens with zero attached hydrogens (tertiary/aromatic N) is 1. The SMILES string of the molecule is O=c1cc(OCC2COCCO2)cc(-n2ccc(OCC(F)(F)F)cc2=O)[nH]1. The summed E-state index contributed by atoms with van der Waals surface area (Å²) in [7, 11) is 0. The Kier molecular flexibility index (Phi) is 6.05. The van der Waals surface area contributed by atoms with Gasteiger partial charge in [-0.05, 0) is 6.07 Å². The van der Waals surface area contributed by atoms with E-state index in [0.717, 1.165) is 10.6 Å². The van der Waals surface area contributed by atoms with Gasteiger partial charge in [-0.15, -0.1) is 0 Å². The summed E-state index contributed by atoms with van der Waals surface area (Å²) in [6, 6.07) is 4.71. The maximum absolute atomic E-state index is 12.2. The molecule has 0 radical (unpaired) electrons. The first-order valence-electron chi connectivity index (χ1n) is 8.29. The van der Waals surface area contributed by atoms with Gasteiger partial charge in [0.15, 0.2) is 6.61 Å². The number of ether oxygens (including phenoxy) is 4. The maximum atomic E-state index is 12.2. The van der Waals surface area contributed by atoms with E-state index >= 15 is 0 Å². The van der Waals surface area contributed by atoms with Crippen LogP contribution in [0.4, 0.5) is 13.2 Å². The molecular weight excluding hydrogens is 385 g/mol. The number of H-pyrrole nitrogens is 1. The predicted molar refractivity (Wildman–Crippen MR) is 90.3 cm³/mol. The number of aromatic amines is 1. The zero-order chi connectivity index (χ0) is 20.1. The van der Waals surface area contributed by atoms with Gasteiger partial charge in [-0.25, -0.2) is 0 Å². The smallest absolute Gasteiger partial charge is 0.422 e. The minimum absolute atomic E-state index is 0.0932. The first kappa shape index (κ1) is 20.0. The lowest BCUT2D eigenvalue weighted by Gasteiger charge is -2.23. The molecule has 1 atom stereocenters. The molecule has 1 unspecified atom stereocenters. The van der Waals surface area contributed by atoms with Crippen LogP contribution in [0.1, 0.15) is 0 Å². The topological polar surface area (TPSA) is 91.8 Å². The summed E-state index contributed by atoms with van der Waals surface area (Å²) in [6.45, 7) is -0.0233. The van der Waals surface area contributed by atoms with Gasteiger partial charge in [0.05, 0.1) is 19.8 Å². The molecule has 1 fully saturated rings. The number of halogens is 3. The fraction of sp³-hybridized carbons (Fsp3) is 0.412.